The molecule has 318 valence electrons. The number of aryl methyl sites for hydroxylation is 1. The van der Waals surface area contributed by atoms with E-state index in [1.165, 1.54) is 25.6 Å². The van der Waals surface area contributed by atoms with Crippen LogP contribution in [0.2, 0.25) is 0 Å². The molecule has 6 heterocycles. The van der Waals surface area contributed by atoms with Gasteiger partial charge in [-0.15, -0.1) is 0 Å². The first-order chi connectivity index (χ1) is 29.5. The Bertz CT molecular complexity index is 2430. The Morgan fingerprint density at radius 1 is 1.07 bits per heavy atom. The standard InChI is InChI=1S/C44H47FN8O8/c1-25-3-4-29(16-31(25)42(57)53(24-54)35-5-6-37(55)50-40(35)56)52-22-26(23-52)21-51-10-7-44(8-11-51)17-30(18-44)61-43(58)49-36-15-27-13-32(34(45)14-28(27)19-47-36)33-20-48-41-38(39(33)59-2)46-9-12-60-41/h3-4,13-16,19-20,24,26,30,35,46H,5-12,17-18,21-23H2,1-2H3,(H,47,49,58)(H,50,55,56). The Hall–Kier alpha value is -6.36. The Kier molecular flexibility index (Phi) is 10.7. The molecule has 5 aliphatic rings. The van der Waals surface area contributed by atoms with Crippen molar-refractivity contribution in [3.05, 3.63) is 65.7 Å². The average molecular weight is 835 g/mol. The molecule has 3 N–H and O–H groups in total. The number of nitrogens with zero attached hydrogens (tertiary/aromatic N) is 5. The van der Waals surface area contributed by atoms with Gasteiger partial charge >= 0.3 is 6.09 Å². The summed E-state index contributed by atoms with van der Waals surface area (Å²) < 4.78 is 32.5. The number of pyridine rings is 2. The highest BCUT2D eigenvalue weighted by atomic mass is 19.1. The van der Waals surface area contributed by atoms with Crippen LogP contribution in [-0.4, -0.2) is 115 Å². The van der Waals surface area contributed by atoms with Crippen LogP contribution in [0.4, 0.5) is 26.4 Å². The lowest BCUT2D eigenvalue weighted by Crippen LogP contribution is -2.55. The number of benzene rings is 2. The molecule has 0 radical (unpaired) electrons. The van der Waals surface area contributed by atoms with Gasteiger partial charge in [0.1, 0.15) is 36.1 Å². The van der Waals surface area contributed by atoms with E-state index in [1.807, 2.05) is 12.1 Å². The normalized spacial score (nSPS) is 20.0. The number of fused-ring (bicyclic) bond motifs is 2. The molecule has 16 nitrogen and oxygen atoms in total. The summed E-state index contributed by atoms with van der Waals surface area (Å²) in [5.74, 6) is -0.481. The van der Waals surface area contributed by atoms with E-state index in [-0.39, 0.29) is 29.9 Å². The zero-order valence-electron chi connectivity index (χ0n) is 34.0. The van der Waals surface area contributed by atoms with Crippen LogP contribution in [0.15, 0.2) is 48.8 Å². The molecule has 4 aromatic rings. The number of aromatic nitrogens is 2. The zero-order valence-corrected chi connectivity index (χ0v) is 34.0. The summed E-state index contributed by atoms with van der Waals surface area (Å²) in [7, 11) is 1.52. The molecule has 4 fully saturated rings. The molecule has 1 unspecified atom stereocenters. The number of amides is 5. The lowest BCUT2D eigenvalue weighted by molar-refractivity contribution is -0.139. The van der Waals surface area contributed by atoms with E-state index in [1.54, 1.807) is 25.1 Å². The van der Waals surface area contributed by atoms with Crippen molar-refractivity contribution in [2.24, 2.45) is 11.3 Å². The number of halogens is 1. The minimum Gasteiger partial charge on any atom is -0.494 e. The highest BCUT2D eigenvalue weighted by molar-refractivity contribution is 6.08. The van der Waals surface area contributed by atoms with Crippen LogP contribution in [0, 0.1) is 24.1 Å². The number of likely N-dealkylation sites (tertiary alicyclic amines) is 1. The SMILES string of the molecule is COc1c(-c2cc3cc(NC(=O)OC4CC5(CCN(CC6CN(c7ccc(C)c(C(=O)N(C=O)C8CCC(=O)NC8=O)c7)C6)CC5)C4)ncc3cc2F)cnc2c1NCCO2. The van der Waals surface area contributed by atoms with Crippen molar-refractivity contribution in [1.82, 2.24) is 25.1 Å². The van der Waals surface area contributed by atoms with E-state index >= 15 is 4.39 Å². The first-order valence-corrected chi connectivity index (χ1v) is 20.7. The number of piperidine rings is 2. The highest BCUT2D eigenvalue weighted by Crippen LogP contribution is 2.50. The van der Waals surface area contributed by atoms with Crippen molar-refractivity contribution in [2.45, 2.75) is 57.6 Å². The maximum Gasteiger partial charge on any atom is 0.413 e. The minimum absolute atomic E-state index is 0.0659. The predicted octanol–water partition coefficient (Wildman–Crippen LogP) is 4.89. The fraction of sp³-hybridized carbons (Fsp3) is 0.432. The Labute approximate surface area is 351 Å². The van der Waals surface area contributed by atoms with Gasteiger partial charge in [-0.2, -0.15) is 0 Å². The fourth-order valence-corrected chi connectivity index (χ4v) is 9.45. The van der Waals surface area contributed by atoms with Crippen molar-refractivity contribution in [3.63, 3.8) is 0 Å². The lowest BCUT2D eigenvalue weighted by atomic mass is 9.61. The second-order valence-corrected chi connectivity index (χ2v) is 16.8. The molecule has 2 aromatic carbocycles. The molecule has 17 heteroatoms. The first kappa shape index (κ1) is 40.1. The largest absolute Gasteiger partial charge is 0.494 e. The first-order valence-electron chi connectivity index (χ1n) is 20.7. The summed E-state index contributed by atoms with van der Waals surface area (Å²) in [5.41, 5.74) is 3.43. The number of imide groups is 2. The predicted molar refractivity (Wildman–Crippen MR) is 222 cm³/mol. The molecule has 9 rings (SSSR count). The van der Waals surface area contributed by atoms with Crippen LogP contribution < -0.4 is 30.3 Å². The van der Waals surface area contributed by atoms with E-state index in [0.29, 0.717) is 76.1 Å². The fourth-order valence-electron chi connectivity index (χ4n) is 9.45. The number of methoxy groups -OCH3 is 1. The number of hydrogen-bond acceptors (Lipinski definition) is 13. The number of anilines is 3. The second-order valence-electron chi connectivity index (χ2n) is 16.8. The van der Waals surface area contributed by atoms with Gasteiger partial charge in [-0.25, -0.2) is 19.2 Å². The Balaban J connectivity index is 0.737. The van der Waals surface area contributed by atoms with Crippen molar-refractivity contribution < 1.29 is 42.6 Å². The Morgan fingerprint density at radius 3 is 2.62 bits per heavy atom. The molecule has 1 saturated carbocycles. The molecular weight excluding hydrogens is 788 g/mol. The van der Waals surface area contributed by atoms with Crippen molar-refractivity contribution in [3.8, 4) is 22.8 Å². The van der Waals surface area contributed by atoms with Gasteiger partial charge in [-0.05, 0) is 98.8 Å². The van der Waals surface area contributed by atoms with Crippen LogP contribution in [0.3, 0.4) is 0 Å². The molecular formula is C44H47FN8O8. The van der Waals surface area contributed by atoms with Crippen LogP contribution in [0.5, 0.6) is 11.6 Å². The number of hydrogen-bond donors (Lipinski definition) is 3. The van der Waals surface area contributed by atoms with Gasteiger partial charge in [-0.3, -0.25) is 34.7 Å². The quantitative estimate of drug-likeness (QED) is 0.145. The van der Waals surface area contributed by atoms with E-state index < -0.39 is 35.7 Å². The van der Waals surface area contributed by atoms with Gasteiger partial charge in [0.15, 0.2) is 5.75 Å². The van der Waals surface area contributed by atoms with Crippen LogP contribution >= 0.6 is 0 Å². The van der Waals surface area contributed by atoms with Crippen LogP contribution in [0.1, 0.15) is 54.4 Å². The molecule has 5 amide bonds. The van der Waals surface area contributed by atoms with Crippen LogP contribution in [-0.2, 0) is 19.1 Å². The van der Waals surface area contributed by atoms with Crippen molar-refractivity contribution in [2.75, 3.05) is 68.5 Å². The van der Waals surface area contributed by atoms with Gasteiger partial charge in [-0.1, -0.05) is 6.07 Å². The summed E-state index contributed by atoms with van der Waals surface area (Å²) >= 11 is 0. The van der Waals surface area contributed by atoms with Gasteiger partial charge in [0.25, 0.3) is 5.91 Å². The number of nitrogens with one attached hydrogen (secondary N) is 3. The third kappa shape index (κ3) is 7.89. The highest BCUT2D eigenvalue weighted by Gasteiger charge is 2.48. The third-order valence-corrected chi connectivity index (χ3v) is 12.9. The minimum atomic E-state index is -1.02. The zero-order chi connectivity index (χ0) is 42.4. The lowest BCUT2D eigenvalue weighted by Gasteiger charge is -2.52. The van der Waals surface area contributed by atoms with Gasteiger partial charge in [0.2, 0.25) is 24.1 Å². The molecule has 1 atom stereocenters. The van der Waals surface area contributed by atoms with Gasteiger partial charge < -0.3 is 29.3 Å². The van der Waals surface area contributed by atoms with Crippen LogP contribution in [0.25, 0.3) is 21.9 Å². The molecule has 2 aromatic heterocycles. The van der Waals surface area contributed by atoms with Crippen molar-refractivity contribution >= 4 is 58.2 Å². The van der Waals surface area contributed by atoms with E-state index in [2.05, 4.69) is 35.7 Å². The number of carbonyl (C=O) groups excluding carboxylic acids is 5. The summed E-state index contributed by atoms with van der Waals surface area (Å²) in [4.78, 5) is 76.7. The van der Waals surface area contributed by atoms with Gasteiger partial charge in [0.05, 0.1) is 7.11 Å². The van der Waals surface area contributed by atoms with Gasteiger partial charge in [0, 0.05) is 78.7 Å². The summed E-state index contributed by atoms with van der Waals surface area (Å²) in [6, 6.07) is 9.36. The summed E-state index contributed by atoms with van der Waals surface area (Å²) in [6.07, 6.45) is 6.53. The van der Waals surface area contributed by atoms with E-state index in [4.69, 9.17) is 14.2 Å². The molecule has 0 bridgehead atoms. The smallest absolute Gasteiger partial charge is 0.413 e. The second kappa shape index (κ2) is 16.2. The number of ether oxygens (including phenoxy) is 3. The Morgan fingerprint density at radius 2 is 1.87 bits per heavy atom. The van der Waals surface area contributed by atoms with E-state index in [9.17, 15) is 24.0 Å². The monoisotopic (exact) mass is 834 g/mol. The molecule has 1 spiro atoms. The molecule has 1 aliphatic carbocycles. The maximum absolute atomic E-state index is 15.4. The molecule has 3 saturated heterocycles. The topological polar surface area (TPSA) is 185 Å². The molecule has 61 heavy (non-hydrogen) atoms. The summed E-state index contributed by atoms with van der Waals surface area (Å²) in [6.45, 7) is 7.43. The third-order valence-electron chi connectivity index (χ3n) is 12.9. The maximum atomic E-state index is 15.4. The average Bonchev–Trinajstić information content (AvgIpc) is 3.22. The number of rotatable bonds is 10. The van der Waals surface area contributed by atoms with Crippen molar-refractivity contribution in [1.29, 1.82) is 0 Å². The van der Waals surface area contributed by atoms with E-state index in [0.717, 1.165) is 69.0 Å². The molecule has 4 aliphatic heterocycles. The summed E-state index contributed by atoms with van der Waals surface area (Å²) in [5, 5.41) is 9.43. The number of carbonyl (C=O) groups is 5.